The summed E-state index contributed by atoms with van der Waals surface area (Å²) in [5.41, 5.74) is 7.97. The van der Waals surface area contributed by atoms with Crippen molar-refractivity contribution >= 4 is 15.9 Å². The molecule has 0 aromatic carbocycles. The molecule has 0 aliphatic heterocycles. The first-order valence-corrected chi connectivity index (χ1v) is 11.0. The molecule has 0 radical (unpaired) electrons. The predicted molar refractivity (Wildman–Crippen MR) is 119 cm³/mol. The van der Waals surface area contributed by atoms with Crippen molar-refractivity contribution in [3.05, 3.63) is 26.8 Å². The highest BCUT2D eigenvalue weighted by Crippen LogP contribution is 2.49. The Morgan fingerprint density at radius 3 is 2.65 bits per heavy atom. The van der Waals surface area contributed by atoms with Crippen LogP contribution in [0.2, 0.25) is 0 Å². The maximum Gasteiger partial charge on any atom is 0.186 e. The Bertz CT molecular complexity index is 719. The van der Waals surface area contributed by atoms with E-state index in [0.717, 1.165) is 12.8 Å². The average molecular weight is 505 g/mol. The van der Waals surface area contributed by atoms with Crippen molar-refractivity contribution in [2.24, 2.45) is 10.5 Å². The second-order valence-corrected chi connectivity index (χ2v) is 8.13. The number of hydrogen-bond acceptors (Lipinski definition) is 8. The second-order valence-electron chi connectivity index (χ2n) is 7.27. The zero-order chi connectivity index (χ0) is 23.3. The van der Waals surface area contributed by atoms with Gasteiger partial charge in [-0.1, -0.05) is 25.4 Å². The molecule has 0 saturated carbocycles. The number of aromatic nitrogens is 1. The Morgan fingerprint density at radius 1 is 1.32 bits per heavy atom. The van der Waals surface area contributed by atoms with E-state index >= 15 is 0 Å². The van der Waals surface area contributed by atoms with Gasteiger partial charge in [0.2, 0.25) is 0 Å². The lowest BCUT2D eigenvalue weighted by molar-refractivity contribution is -0.159. The van der Waals surface area contributed by atoms with Crippen molar-refractivity contribution in [3.8, 4) is 11.5 Å². The molecule has 0 amide bonds. The molecule has 31 heavy (non-hydrogen) atoms. The Labute approximate surface area is 191 Å². The van der Waals surface area contributed by atoms with Crippen LogP contribution in [0.1, 0.15) is 51.3 Å². The summed E-state index contributed by atoms with van der Waals surface area (Å²) in [5.74, 6) is 0.861. The molecule has 1 rings (SSSR count). The van der Waals surface area contributed by atoms with E-state index in [1.165, 1.54) is 14.2 Å². The highest BCUT2D eigenvalue weighted by molar-refractivity contribution is 9.10. The largest absolute Gasteiger partial charge is 0.491 e. The van der Waals surface area contributed by atoms with Crippen LogP contribution in [0.5, 0.6) is 11.5 Å². The third kappa shape index (κ3) is 7.48. The topological polar surface area (TPSA) is 139 Å². The number of unbranched alkanes of at least 4 members (excludes halogenated alkanes) is 1. The molecule has 1 aromatic rings. The monoisotopic (exact) mass is 504 g/mol. The quantitative estimate of drug-likeness (QED) is 0.113. The van der Waals surface area contributed by atoms with Gasteiger partial charge in [-0.2, -0.15) is 0 Å². The number of ether oxygens (including phenoxy) is 4. The summed E-state index contributed by atoms with van der Waals surface area (Å²) >= 11 is 3.46. The molecule has 2 N–H and O–H groups in total. The summed E-state index contributed by atoms with van der Waals surface area (Å²) < 4.78 is 23.3. The van der Waals surface area contributed by atoms with E-state index in [9.17, 15) is 10.2 Å². The van der Waals surface area contributed by atoms with E-state index in [4.69, 9.17) is 24.5 Å². The lowest BCUT2D eigenvalue weighted by Gasteiger charge is -2.40. The van der Waals surface area contributed by atoms with Gasteiger partial charge in [0, 0.05) is 30.2 Å². The van der Waals surface area contributed by atoms with E-state index in [1.807, 2.05) is 0 Å². The summed E-state index contributed by atoms with van der Waals surface area (Å²) in [4.78, 5) is 7.28. The molecule has 0 aliphatic carbocycles. The minimum atomic E-state index is -1.14. The number of pyridine rings is 1. The summed E-state index contributed by atoms with van der Waals surface area (Å²) in [5, 5.41) is 24.1. The maximum atomic E-state index is 10.7. The zero-order valence-corrected chi connectivity index (χ0v) is 20.2. The molecule has 0 aliphatic rings. The van der Waals surface area contributed by atoms with Crippen LogP contribution in [0.4, 0.5) is 0 Å². The molecule has 1 heterocycles. The normalized spacial score (nSPS) is 14.9. The first kappa shape index (κ1) is 27.4. The van der Waals surface area contributed by atoms with Gasteiger partial charge in [-0.05, 0) is 40.7 Å². The van der Waals surface area contributed by atoms with E-state index in [-0.39, 0.29) is 13.3 Å². The molecule has 176 valence electrons. The Morgan fingerprint density at radius 2 is 2.06 bits per heavy atom. The van der Waals surface area contributed by atoms with Crippen LogP contribution < -0.4 is 9.47 Å². The Balaban J connectivity index is 3.48. The smallest absolute Gasteiger partial charge is 0.186 e. The second kappa shape index (κ2) is 14.4. The number of halogens is 1. The van der Waals surface area contributed by atoms with Crippen LogP contribution in [0, 0.1) is 5.41 Å². The third-order valence-electron chi connectivity index (χ3n) is 5.09. The van der Waals surface area contributed by atoms with Crippen molar-refractivity contribution in [1.82, 2.24) is 4.98 Å². The fraction of sp³-hybridized carbons (Fsp3) is 0.750. The number of aliphatic hydroxyl groups is 2. The van der Waals surface area contributed by atoms with Crippen molar-refractivity contribution in [1.29, 1.82) is 0 Å². The molecular formula is C20H33BrN4O6. The zero-order valence-electron chi connectivity index (χ0n) is 18.6. The van der Waals surface area contributed by atoms with Crippen LogP contribution in [0.25, 0.3) is 10.4 Å². The van der Waals surface area contributed by atoms with Gasteiger partial charge in [0.05, 0.1) is 30.9 Å². The Hall–Kier alpha value is -1.62. The number of rotatable bonds is 16. The summed E-state index contributed by atoms with van der Waals surface area (Å²) in [6.45, 7) is 4.05. The van der Waals surface area contributed by atoms with Gasteiger partial charge in [0.1, 0.15) is 18.6 Å². The molecule has 0 spiro atoms. The number of aliphatic hydroxyl groups excluding tert-OH is 2. The summed E-state index contributed by atoms with van der Waals surface area (Å²) in [7, 11) is 3.00. The minimum Gasteiger partial charge on any atom is -0.491 e. The molecule has 0 saturated heterocycles. The SMILES string of the molecule is CCCCOc1c(Br)cnc(C(OCOC)C(C)(CCCN=[N+]=[N-])C(O)CO)c1OC. The van der Waals surface area contributed by atoms with Gasteiger partial charge in [0.15, 0.2) is 11.5 Å². The highest BCUT2D eigenvalue weighted by atomic mass is 79.9. The first-order chi connectivity index (χ1) is 14.9. The lowest BCUT2D eigenvalue weighted by Crippen LogP contribution is -2.42. The predicted octanol–water partition coefficient (Wildman–Crippen LogP) is 4.14. The van der Waals surface area contributed by atoms with Gasteiger partial charge in [-0.25, -0.2) is 0 Å². The van der Waals surface area contributed by atoms with E-state index in [2.05, 4.69) is 37.9 Å². The fourth-order valence-corrected chi connectivity index (χ4v) is 3.68. The number of methoxy groups -OCH3 is 2. The highest BCUT2D eigenvalue weighted by Gasteiger charge is 2.44. The molecule has 10 nitrogen and oxygen atoms in total. The number of nitrogens with zero attached hydrogens (tertiary/aromatic N) is 4. The molecular weight excluding hydrogens is 472 g/mol. The average Bonchev–Trinajstić information content (AvgIpc) is 2.78. The van der Waals surface area contributed by atoms with Gasteiger partial charge in [-0.3, -0.25) is 4.98 Å². The Kier molecular flexibility index (Phi) is 12.8. The van der Waals surface area contributed by atoms with Gasteiger partial charge in [0.25, 0.3) is 0 Å². The number of azide groups is 1. The van der Waals surface area contributed by atoms with Crippen molar-refractivity contribution in [2.75, 3.05) is 40.8 Å². The van der Waals surface area contributed by atoms with Crippen molar-refractivity contribution in [3.63, 3.8) is 0 Å². The van der Waals surface area contributed by atoms with Crippen LogP contribution in [0.15, 0.2) is 15.8 Å². The van der Waals surface area contributed by atoms with Gasteiger partial charge >= 0.3 is 0 Å². The van der Waals surface area contributed by atoms with Crippen molar-refractivity contribution < 1.29 is 29.2 Å². The molecule has 0 fully saturated rings. The van der Waals surface area contributed by atoms with E-state index < -0.39 is 24.2 Å². The summed E-state index contributed by atoms with van der Waals surface area (Å²) in [6.07, 6.45) is 2.35. The molecule has 3 unspecified atom stereocenters. The summed E-state index contributed by atoms with van der Waals surface area (Å²) in [6, 6.07) is 0. The fourth-order valence-electron chi connectivity index (χ4n) is 3.28. The van der Waals surface area contributed by atoms with Crippen LogP contribution in [0.3, 0.4) is 0 Å². The molecule has 1 aromatic heterocycles. The van der Waals surface area contributed by atoms with Crippen LogP contribution >= 0.6 is 15.9 Å². The van der Waals surface area contributed by atoms with E-state index in [1.54, 1.807) is 13.1 Å². The van der Waals surface area contributed by atoms with Gasteiger partial charge in [-0.15, -0.1) is 0 Å². The lowest BCUT2D eigenvalue weighted by atomic mass is 9.73. The molecule has 0 bridgehead atoms. The molecule has 11 heteroatoms. The first-order valence-electron chi connectivity index (χ1n) is 10.2. The van der Waals surface area contributed by atoms with E-state index in [0.29, 0.717) is 41.1 Å². The minimum absolute atomic E-state index is 0.0678. The third-order valence-corrected chi connectivity index (χ3v) is 5.66. The maximum absolute atomic E-state index is 10.7. The standard InChI is InChI=1S/C20H33BrN4O6/c1-5-6-10-30-17-14(21)11-23-16(18(17)29-4)19(31-13-28-3)20(2,15(27)12-26)8-7-9-24-25-22/h11,15,19,26-27H,5-10,12-13H2,1-4H3. The van der Waals surface area contributed by atoms with Gasteiger partial charge < -0.3 is 29.2 Å². The van der Waals surface area contributed by atoms with Crippen LogP contribution in [-0.4, -0.2) is 62.1 Å². The molecule has 3 atom stereocenters. The van der Waals surface area contributed by atoms with Crippen molar-refractivity contribution in [2.45, 2.75) is 51.7 Å². The number of hydrogen-bond donors (Lipinski definition) is 2. The van der Waals surface area contributed by atoms with Crippen LogP contribution in [-0.2, 0) is 9.47 Å².